The van der Waals surface area contributed by atoms with Crippen LogP contribution in [-0.4, -0.2) is 4.98 Å². The van der Waals surface area contributed by atoms with Crippen LogP contribution >= 0.6 is 0 Å². The Morgan fingerprint density at radius 2 is 2.14 bits per heavy atom. The molecule has 0 saturated carbocycles. The number of aryl methyl sites for hydroxylation is 1. The predicted octanol–water partition coefficient (Wildman–Crippen LogP) is 2.64. The van der Waals surface area contributed by atoms with E-state index in [2.05, 4.69) is 4.98 Å². The van der Waals surface area contributed by atoms with Gasteiger partial charge in [-0.1, -0.05) is 0 Å². The maximum absolute atomic E-state index is 13.2. The van der Waals surface area contributed by atoms with Crippen LogP contribution in [0.25, 0.3) is 10.9 Å². The highest BCUT2D eigenvalue weighted by molar-refractivity contribution is 5.83. The van der Waals surface area contributed by atoms with Gasteiger partial charge in [-0.2, -0.15) is 0 Å². The van der Waals surface area contributed by atoms with E-state index in [1.165, 1.54) is 6.07 Å². The molecule has 0 spiro atoms. The monoisotopic (exact) mass is 192 g/mol. The van der Waals surface area contributed by atoms with E-state index in [4.69, 9.17) is 5.73 Å². The van der Waals surface area contributed by atoms with Crippen LogP contribution in [0.3, 0.4) is 0 Å². The molecule has 0 saturated heterocycles. The number of hydrogen-bond donors (Lipinski definition) is 2. The van der Waals surface area contributed by atoms with Crippen molar-refractivity contribution in [3.8, 4) is 0 Å². The number of nitrogens with two attached hydrogens (primary N) is 1. The van der Waals surface area contributed by atoms with Gasteiger partial charge >= 0.3 is 0 Å². The fourth-order valence-electron chi connectivity index (χ4n) is 1.59. The number of benzene rings is 1. The molecule has 0 aliphatic carbocycles. The lowest BCUT2D eigenvalue weighted by Crippen LogP contribution is -2.04. The van der Waals surface area contributed by atoms with Crippen molar-refractivity contribution in [2.75, 3.05) is 0 Å². The zero-order chi connectivity index (χ0) is 10.3. The summed E-state index contributed by atoms with van der Waals surface area (Å²) >= 11 is 0. The van der Waals surface area contributed by atoms with Crippen LogP contribution in [0.1, 0.15) is 24.2 Å². The average Bonchev–Trinajstić information content (AvgIpc) is 2.56. The Kier molecular flexibility index (Phi) is 2.04. The van der Waals surface area contributed by atoms with Gasteiger partial charge in [-0.15, -0.1) is 0 Å². The molecule has 1 aromatic carbocycles. The first-order valence-electron chi connectivity index (χ1n) is 4.63. The highest BCUT2D eigenvalue weighted by atomic mass is 19.1. The van der Waals surface area contributed by atoms with Gasteiger partial charge in [0.15, 0.2) is 0 Å². The molecule has 2 nitrogen and oxygen atoms in total. The molecule has 2 aromatic rings. The number of halogens is 1. The summed E-state index contributed by atoms with van der Waals surface area (Å²) in [5.74, 6) is -0.185. The van der Waals surface area contributed by atoms with Gasteiger partial charge in [-0.25, -0.2) is 4.39 Å². The summed E-state index contributed by atoms with van der Waals surface area (Å²) in [5, 5.41) is 1.01. The van der Waals surface area contributed by atoms with E-state index < -0.39 is 0 Å². The Bertz CT molecular complexity index is 471. The molecule has 0 aliphatic rings. The molecule has 74 valence electrons. The van der Waals surface area contributed by atoms with Crippen LogP contribution in [0.5, 0.6) is 0 Å². The van der Waals surface area contributed by atoms with Gasteiger partial charge in [-0.3, -0.25) is 0 Å². The summed E-state index contributed by atoms with van der Waals surface area (Å²) in [5.41, 5.74) is 8.17. The van der Waals surface area contributed by atoms with Crippen molar-refractivity contribution >= 4 is 10.9 Å². The van der Waals surface area contributed by atoms with Gasteiger partial charge in [0.25, 0.3) is 0 Å². The number of hydrogen-bond acceptors (Lipinski definition) is 1. The summed E-state index contributed by atoms with van der Waals surface area (Å²) in [6, 6.07) is 5.16. The molecule has 1 atom stereocenters. The third-order valence-electron chi connectivity index (χ3n) is 2.50. The molecule has 1 unspecified atom stereocenters. The van der Waals surface area contributed by atoms with E-state index in [1.807, 2.05) is 13.0 Å². The van der Waals surface area contributed by atoms with Crippen molar-refractivity contribution in [1.29, 1.82) is 0 Å². The predicted molar refractivity (Wildman–Crippen MR) is 55.6 cm³/mol. The molecule has 0 bridgehead atoms. The molecule has 0 radical (unpaired) electrons. The minimum absolute atomic E-state index is 0.0511. The van der Waals surface area contributed by atoms with Gasteiger partial charge in [0.05, 0.1) is 5.52 Å². The lowest BCUT2D eigenvalue weighted by atomic mass is 10.1. The van der Waals surface area contributed by atoms with Crippen LogP contribution in [0.2, 0.25) is 0 Å². The van der Waals surface area contributed by atoms with E-state index in [-0.39, 0.29) is 11.9 Å². The maximum Gasteiger partial charge on any atom is 0.128 e. The summed E-state index contributed by atoms with van der Waals surface area (Å²) in [7, 11) is 0. The minimum Gasteiger partial charge on any atom is -0.357 e. The van der Waals surface area contributed by atoms with Crippen LogP contribution in [0, 0.1) is 12.7 Å². The Balaban J connectivity index is 2.71. The van der Waals surface area contributed by atoms with E-state index in [9.17, 15) is 4.39 Å². The Morgan fingerprint density at radius 1 is 1.43 bits per heavy atom. The molecular weight excluding hydrogens is 179 g/mol. The van der Waals surface area contributed by atoms with Crippen molar-refractivity contribution in [1.82, 2.24) is 4.98 Å². The first kappa shape index (κ1) is 9.21. The van der Waals surface area contributed by atoms with Gasteiger partial charge in [-0.05, 0) is 32.0 Å². The van der Waals surface area contributed by atoms with Gasteiger partial charge in [0, 0.05) is 22.7 Å². The second kappa shape index (κ2) is 3.10. The van der Waals surface area contributed by atoms with Crippen molar-refractivity contribution in [2.45, 2.75) is 19.9 Å². The van der Waals surface area contributed by atoms with E-state index in [0.29, 0.717) is 5.56 Å². The highest BCUT2D eigenvalue weighted by Crippen LogP contribution is 2.23. The Hall–Kier alpha value is -1.35. The van der Waals surface area contributed by atoms with Crippen LogP contribution < -0.4 is 5.73 Å². The number of nitrogens with one attached hydrogen (secondary N) is 1. The number of fused-ring (bicyclic) bond motifs is 1. The maximum atomic E-state index is 13.2. The first-order valence-corrected chi connectivity index (χ1v) is 4.63. The molecule has 1 heterocycles. The second-order valence-electron chi connectivity index (χ2n) is 3.65. The van der Waals surface area contributed by atoms with E-state index in [0.717, 1.165) is 16.6 Å². The molecule has 0 fully saturated rings. The van der Waals surface area contributed by atoms with Gasteiger partial charge in [0.1, 0.15) is 5.82 Å². The Morgan fingerprint density at radius 3 is 2.79 bits per heavy atom. The third kappa shape index (κ3) is 1.30. The molecule has 3 heteroatoms. The number of rotatable bonds is 1. The van der Waals surface area contributed by atoms with Crippen LogP contribution in [-0.2, 0) is 0 Å². The van der Waals surface area contributed by atoms with E-state index >= 15 is 0 Å². The van der Waals surface area contributed by atoms with Crippen molar-refractivity contribution in [3.63, 3.8) is 0 Å². The lowest BCUT2D eigenvalue weighted by Gasteiger charge is -1.99. The van der Waals surface area contributed by atoms with Gasteiger partial charge in [0.2, 0.25) is 0 Å². The van der Waals surface area contributed by atoms with Crippen LogP contribution in [0.15, 0.2) is 18.2 Å². The molecular formula is C11H13FN2. The molecule has 1 aromatic heterocycles. The fraction of sp³-hybridized carbons (Fsp3) is 0.273. The number of H-pyrrole nitrogens is 1. The summed E-state index contributed by atoms with van der Waals surface area (Å²) < 4.78 is 13.2. The molecule has 0 amide bonds. The molecule has 3 N–H and O–H groups in total. The van der Waals surface area contributed by atoms with Crippen molar-refractivity contribution < 1.29 is 4.39 Å². The zero-order valence-corrected chi connectivity index (χ0v) is 8.26. The molecule has 14 heavy (non-hydrogen) atoms. The topological polar surface area (TPSA) is 41.8 Å². The smallest absolute Gasteiger partial charge is 0.128 e. The number of aromatic amines is 1. The quantitative estimate of drug-likeness (QED) is 0.716. The lowest BCUT2D eigenvalue weighted by molar-refractivity contribution is 0.620. The first-order chi connectivity index (χ1) is 6.59. The zero-order valence-electron chi connectivity index (χ0n) is 8.26. The SMILES string of the molecule is Cc1c(F)ccc2cc(C(C)N)[nH]c12. The fourth-order valence-corrected chi connectivity index (χ4v) is 1.59. The minimum atomic E-state index is -0.185. The van der Waals surface area contributed by atoms with Crippen LogP contribution in [0.4, 0.5) is 4.39 Å². The van der Waals surface area contributed by atoms with Crippen molar-refractivity contribution in [3.05, 3.63) is 35.3 Å². The summed E-state index contributed by atoms with van der Waals surface area (Å²) in [6.07, 6.45) is 0. The third-order valence-corrected chi connectivity index (χ3v) is 2.50. The average molecular weight is 192 g/mol. The van der Waals surface area contributed by atoms with Gasteiger partial charge < -0.3 is 10.7 Å². The highest BCUT2D eigenvalue weighted by Gasteiger charge is 2.08. The Labute approximate surface area is 81.9 Å². The standard InChI is InChI=1S/C11H13FN2/c1-6-9(12)4-3-8-5-10(7(2)13)14-11(6)8/h3-5,7,14H,13H2,1-2H3. The summed E-state index contributed by atoms with van der Waals surface area (Å²) in [6.45, 7) is 3.66. The number of aromatic nitrogens is 1. The molecule has 2 rings (SSSR count). The second-order valence-corrected chi connectivity index (χ2v) is 3.65. The largest absolute Gasteiger partial charge is 0.357 e. The van der Waals surface area contributed by atoms with Crippen molar-refractivity contribution in [2.24, 2.45) is 5.73 Å². The summed E-state index contributed by atoms with van der Waals surface area (Å²) in [4.78, 5) is 3.14. The normalized spacial score (nSPS) is 13.4. The van der Waals surface area contributed by atoms with E-state index in [1.54, 1.807) is 13.0 Å². The molecule has 0 aliphatic heterocycles.